The molecular weight excluding hydrogens is 453 g/mol. The van der Waals surface area contributed by atoms with Gasteiger partial charge in [0.25, 0.3) is 5.91 Å². The number of hydrogen-bond donors (Lipinski definition) is 0. The summed E-state index contributed by atoms with van der Waals surface area (Å²) in [6, 6.07) is 13.6. The summed E-state index contributed by atoms with van der Waals surface area (Å²) >= 11 is 1.28. The first-order valence-electron chi connectivity index (χ1n) is 11.4. The molecule has 0 saturated carbocycles. The standard InChI is InChI=1S/C25H26FN5O2S/c1-16(2)22-24(33)31-23(28-22)19-5-3-4-6-20(19)27-25(31)34-15-21(32)30-13-11-29(12-14-30)18-9-7-17(26)8-10-18/h3-10,16,22H,11-15H2,1-2H3. The van der Waals surface area contributed by atoms with Crippen LogP contribution in [0.25, 0.3) is 0 Å². The van der Waals surface area contributed by atoms with Crippen molar-refractivity contribution in [1.82, 2.24) is 9.80 Å². The number of carbonyl (C=O) groups is 2. The van der Waals surface area contributed by atoms with E-state index in [0.29, 0.717) is 37.2 Å². The zero-order valence-electron chi connectivity index (χ0n) is 19.1. The fraction of sp³-hybridized carbons (Fsp3) is 0.360. The third kappa shape index (κ3) is 4.20. The number of piperazine rings is 1. The molecule has 2 amide bonds. The molecule has 3 aliphatic rings. The van der Waals surface area contributed by atoms with E-state index in [2.05, 4.69) is 4.90 Å². The number of amidine groups is 2. The topological polar surface area (TPSA) is 68.6 Å². The van der Waals surface area contributed by atoms with Crippen LogP contribution in [0.4, 0.5) is 15.8 Å². The van der Waals surface area contributed by atoms with Crippen LogP contribution in [0.5, 0.6) is 0 Å². The molecule has 2 aromatic carbocycles. The van der Waals surface area contributed by atoms with Crippen LogP contribution in [0, 0.1) is 11.7 Å². The van der Waals surface area contributed by atoms with E-state index in [-0.39, 0.29) is 29.3 Å². The largest absolute Gasteiger partial charge is 0.368 e. The van der Waals surface area contributed by atoms with Gasteiger partial charge in [0, 0.05) is 37.4 Å². The van der Waals surface area contributed by atoms with Crippen LogP contribution in [-0.4, -0.2) is 70.6 Å². The summed E-state index contributed by atoms with van der Waals surface area (Å²) in [4.78, 5) is 41.1. The Kier molecular flexibility index (Phi) is 6.12. The summed E-state index contributed by atoms with van der Waals surface area (Å²) in [5.41, 5.74) is 2.56. The molecule has 0 aromatic heterocycles. The van der Waals surface area contributed by atoms with E-state index < -0.39 is 6.04 Å². The van der Waals surface area contributed by atoms with Gasteiger partial charge in [0.05, 0.1) is 11.4 Å². The van der Waals surface area contributed by atoms with Gasteiger partial charge >= 0.3 is 0 Å². The number of halogens is 1. The van der Waals surface area contributed by atoms with Gasteiger partial charge in [0.1, 0.15) is 17.7 Å². The third-order valence-electron chi connectivity index (χ3n) is 6.28. The monoisotopic (exact) mass is 479 g/mol. The fourth-order valence-corrected chi connectivity index (χ4v) is 5.29. The van der Waals surface area contributed by atoms with E-state index in [4.69, 9.17) is 9.98 Å². The van der Waals surface area contributed by atoms with Crippen LogP contribution >= 0.6 is 11.8 Å². The molecule has 0 radical (unpaired) electrons. The number of nitrogens with zero attached hydrogens (tertiary/aromatic N) is 5. The van der Waals surface area contributed by atoms with Crippen LogP contribution < -0.4 is 4.90 Å². The van der Waals surface area contributed by atoms with E-state index in [0.717, 1.165) is 16.9 Å². The number of amides is 2. The number of rotatable bonds is 4. The molecule has 7 nitrogen and oxygen atoms in total. The lowest BCUT2D eigenvalue weighted by atomic mass is 10.1. The van der Waals surface area contributed by atoms with Crippen molar-refractivity contribution in [2.45, 2.75) is 19.9 Å². The predicted molar refractivity (Wildman–Crippen MR) is 133 cm³/mol. The molecule has 1 atom stereocenters. The van der Waals surface area contributed by atoms with Gasteiger partial charge in [-0.3, -0.25) is 14.6 Å². The van der Waals surface area contributed by atoms with E-state index in [1.165, 1.54) is 23.9 Å². The second-order valence-corrected chi connectivity index (χ2v) is 9.80. The molecular formula is C25H26FN5O2S. The normalized spacial score (nSPS) is 19.7. The number of anilines is 1. The second kappa shape index (κ2) is 9.21. The zero-order valence-corrected chi connectivity index (χ0v) is 20.0. The van der Waals surface area contributed by atoms with E-state index >= 15 is 0 Å². The molecule has 176 valence electrons. The van der Waals surface area contributed by atoms with Crippen LogP contribution in [0.2, 0.25) is 0 Å². The molecule has 2 aromatic rings. The highest BCUT2D eigenvalue weighted by Crippen LogP contribution is 2.34. The molecule has 5 rings (SSSR count). The summed E-state index contributed by atoms with van der Waals surface area (Å²) in [5.74, 6) is 0.551. The summed E-state index contributed by atoms with van der Waals surface area (Å²) in [6.45, 7) is 6.53. The molecule has 0 bridgehead atoms. The smallest absolute Gasteiger partial charge is 0.259 e. The lowest BCUT2D eigenvalue weighted by molar-refractivity contribution is -0.128. The summed E-state index contributed by atoms with van der Waals surface area (Å²) in [7, 11) is 0. The van der Waals surface area contributed by atoms with E-state index in [9.17, 15) is 14.0 Å². The van der Waals surface area contributed by atoms with Crippen molar-refractivity contribution < 1.29 is 14.0 Å². The Hall–Kier alpha value is -3.20. The quantitative estimate of drug-likeness (QED) is 0.673. The molecule has 9 heteroatoms. The third-order valence-corrected chi connectivity index (χ3v) is 7.20. The molecule has 3 heterocycles. The number of hydrogen-bond acceptors (Lipinski definition) is 6. The van der Waals surface area contributed by atoms with Crippen molar-refractivity contribution in [3.63, 3.8) is 0 Å². The highest BCUT2D eigenvalue weighted by molar-refractivity contribution is 8.14. The molecule has 0 aliphatic carbocycles. The molecule has 1 fully saturated rings. The van der Waals surface area contributed by atoms with Gasteiger partial charge in [-0.1, -0.05) is 37.7 Å². The Bertz CT molecular complexity index is 1170. The minimum Gasteiger partial charge on any atom is -0.368 e. The van der Waals surface area contributed by atoms with Crippen molar-refractivity contribution in [3.8, 4) is 0 Å². The Labute approximate surface area is 202 Å². The average Bonchev–Trinajstić information content (AvgIpc) is 3.21. The van der Waals surface area contributed by atoms with Gasteiger partial charge in [0.15, 0.2) is 5.17 Å². The fourth-order valence-electron chi connectivity index (χ4n) is 4.38. The molecule has 0 spiro atoms. The van der Waals surface area contributed by atoms with Crippen molar-refractivity contribution in [2.24, 2.45) is 15.9 Å². The second-order valence-electron chi connectivity index (χ2n) is 8.86. The summed E-state index contributed by atoms with van der Waals surface area (Å²) in [6.07, 6.45) is 0. The number of benzene rings is 2. The van der Waals surface area contributed by atoms with E-state index in [1.807, 2.05) is 43.0 Å². The van der Waals surface area contributed by atoms with Crippen molar-refractivity contribution in [2.75, 3.05) is 36.8 Å². The number of para-hydroxylation sites is 1. The minimum atomic E-state index is -0.442. The van der Waals surface area contributed by atoms with Crippen LogP contribution in [0.15, 0.2) is 58.5 Å². The molecule has 3 aliphatic heterocycles. The predicted octanol–water partition coefficient (Wildman–Crippen LogP) is 3.52. The summed E-state index contributed by atoms with van der Waals surface area (Å²) in [5, 5.41) is 0.504. The Morgan fingerprint density at radius 1 is 1.09 bits per heavy atom. The number of fused-ring (bicyclic) bond motifs is 3. The maximum atomic E-state index is 13.2. The van der Waals surface area contributed by atoms with Crippen molar-refractivity contribution >= 4 is 46.0 Å². The first-order valence-corrected chi connectivity index (χ1v) is 12.4. The summed E-state index contributed by atoms with van der Waals surface area (Å²) < 4.78 is 13.2. The van der Waals surface area contributed by atoms with Gasteiger partial charge < -0.3 is 9.80 Å². The molecule has 1 unspecified atom stereocenters. The number of carbonyl (C=O) groups excluding carboxylic acids is 2. The molecule has 34 heavy (non-hydrogen) atoms. The minimum absolute atomic E-state index is 0.0101. The number of aliphatic imine (C=N–C) groups is 2. The Balaban J connectivity index is 1.25. The van der Waals surface area contributed by atoms with Gasteiger partial charge in [-0.25, -0.2) is 14.3 Å². The van der Waals surface area contributed by atoms with Gasteiger partial charge in [0.2, 0.25) is 5.91 Å². The SMILES string of the molecule is CC(C)C1N=C2c3ccccc3N=C(SCC(=O)N3CCN(c4ccc(F)cc4)CC3)N2C1=O. The van der Waals surface area contributed by atoms with E-state index in [1.54, 1.807) is 17.0 Å². The van der Waals surface area contributed by atoms with Crippen LogP contribution in [-0.2, 0) is 9.59 Å². The Morgan fingerprint density at radius 2 is 1.79 bits per heavy atom. The average molecular weight is 480 g/mol. The highest BCUT2D eigenvalue weighted by atomic mass is 32.2. The lowest BCUT2D eigenvalue weighted by Gasteiger charge is -2.36. The maximum Gasteiger partial charge on any atom is 0.259 e. The number of thioether (sulfide) groups is 1. The van der Waals surface area contributed by atoms with Crippen LogP contribution in [0.1, 0.15) is 19.4 Å². The van der Waals surface area contributed by atoms with Gasteiger partial charge in [-0.2, -0.15) is 0 Å². The first-order chi connectivity index (χ1) is 16.4. The first kappa shape index (κ1) is 22.6. The van der Waals surface area contributed by atoms with Crippen molar-refractivity contribution in [3.05, 3.63) is 59.9 Å². The highest BCUT2D eigenvalue weighted by Gasteiger charge is 2.42. The lowest BCUT2D eigenvalue weighted by Crippen LogP contribution is -2.49. The Morgan fingerprint density at radius 3 is 2.50 bits per heavy atom. The van der Waals surface area contributed by atoms with Crippen LogP contribution in [0.3, 0.4) is 0 Å². The van der Waals surface area contributed by atoms with Crippen molar-refractivity contribution in [1.29, 1.82) is 0 Å². The molecule has 1 saturated heterocycles. The maximum absolute atomic E-state index is 13.2. The molecule has 0 N–H and O–H groups in total. The van der Waals surface area contributed by atoms with Gasteiger partial charge in [-0.15, -0.1) is 0 Å². The zero-order chi connectivity index (χ0) is 23.8. The van der Waals surface area contributed by atoms with Gasteiger partial charge in [-0.05, 0) is 42.3 Å².